The lowest BCUT2D eigenvalue weighted by Crippen LogP contribution is -2.44. The summed E-state index contributed by atoms with van der Waals surface area (Å²) < 4.78 is 7.77. The Labute approximate surface area is 148 Å². The molecule has 1 amide bonds. The molecule has 0 saturated carbocycles. The number of imidazole rings is 1. The molecule has 1 atom stereocenters. The molecule has 0 aliphatic carbocycles. The summed E-state index contributed by atoms with van der Waals surface area (Å²) >= 11 is 0. The van der Waals surface area contributed by atoms with E-state index in [-0.39, 0.29) is 24.0 Å². The van der Waals surface area contributed by atoms with Crippen LogP contribution in [-0.2, 0) is 4.79 Å². The number of nitrogens with zero attached hydrogens (tertiary/aromatic N) is 5. The van der Waals surface area contributed by atoms with Gasteiger partial charge in [-0.3, -0.25) is 4.79 Å². The zero-order chi connectivity index (χ0) is 17.8. The first kappa shape index (κ1) is 17.4. The molecule has 7 heteroatoms. The summed E-state index contributed by atoms with van der Waals surface area (Å²) in [6.45, 7) is 7.49. The first-order valence-corrected chi connectivity index (χ1v) is 8.81. The highest BCUT2D eigenvalue weighted by Crippen LogP contribution is 2.22. The Morgan fingerprint density at radius 3 is 2.44 bits per heavy atom. The molecule has 1 aliphatic rings. The van der Waals surface area contributed by atoms with Gasteiger partial charge in [0.2, 0.25) is 5.91 Å². The minimum atomic E-state index is -0.241. The van der Waals surface area contributed by atoms with Crippen molar-refractivity contribution in [3.63, 3.8) is 0 Å². The average molecular weight is 343 g/mol. The fourth-order valence-electron chi connectivity index (χ4n) is 3.17. The van der Waals surface area contributed by atoms with Crippen LogP contribution in [0.2, 0.25) is 0 Å². The Hall–Kier alpha value is -2.44. The van der Waals surface area contributed by atoms with Crippen LogP contribution in [0.4, 0.5) is 0 Å². The predicted octanol–water partition coefficient (Wildman–Crippen LogP) is 2.43. The first-order valence-electron chi connectivity index (χ1n) is 8.81. The summed E-state index contributed by atoms with van der Waals surface area (Å²) in [6.07, 6.45) is 8.62. The van der Waals surface area contributed by atoms with Crippen LogP contribution >= 0.6 is 0 Å². The number of rotatable bonds is 5. The van der Waals surface area contributed by atoms with Gasteiger partial charge in [0.15, 0.2) is 0 Å². The zero-order valence-corrected chi connectivity index (χ0v) is 15.0. The second-order valence-electron chi connectivity index (χ2n) is 6.70. The lowest BCUT2D eigenvalue weighted by molar-refractivity contribution is -0.136. The van der Waals surface area contributed by atoms with Gasteiger partial charge in [-0.1, -0.05) is 13.8 Å². The number of likely N-dealkylation sites (tertiary alicyclic amines) is 1. The van der Waals surface area contributed by atoms with Gasteiger partial charge < -0.3 is 14.2 Å². The third-order valence-electron chi connectivity index (χ3n) is 4.56. The number of hydrogen-bond acceptors (Lipinski definition) is 5. The molecule has 0 unspecified atom stereocenters. The highest BCUT2D eigenvalue weighted by Gasteiger charge is 2.29. The highest BCUT2D eigenvalue weighted by atomic mass is 16.5. The molecule has 0 spiro atoms. The van der Waals surface area contributed by atoms with Gasteiger partial charge in [0.25, 0.3) is 0 Å². The van der Waals surface area contributed by atoms with Gasteiger partial charge in [-0.25, -0.2) is 15.0 Å². The van der Waals surface area contributed by atoms with Gasteiger partial charge in [0, 0.05) is 56.6 Å². The Morgan fingerprint density at radius 2 is 1.80 bits per heavy atom. The molecule has 0 radical (unpaired) electrons. The molecule has 134 valence electrons. The number of carbonyl (C=O) groups is 1. The van der Waals surface area contributed by atoms with Crippen LogP contribution in [0.15, 0.2) is 30.9 Å². The first-order chi connectivity index (χ1) is 12.1. The third kappa shape index (κ3) is 3.97. The van der Waals surface area contributed by atoms with E-state index in [1.807, 2.05) is 22.6 Å². The van der Waals surface area contributed by atoms with E-state index in [1.54, 1.807) is 24.7 Å². The third-order valence-corrected chi connectivity index (χ3v) is 4.56. The summed E-state index contributed by atoms with van der Waals surface area (Å²) in [7, 11) is 0. The predicted molar refractivity (Wildman–Crippen MR) is 93.3 cm³/mol. The number of amides is 1. The normalized spacial score (nSPS) is 16.9. The smallest absolute Gasteiger partial charge is 0.316 e. The van der Waals surface area contributed by atoms with Crippen LogP contribution in [0.25, 0.3) is 0 Å². The SMILES string of the molecule is CC(C)c1nccn1[C@@H](C)C(=O)N1CCC(Oc2ncccn2)CC1. The summed E-state index contributed by atoms with van der Waals surface area (Å²) in [5.74, 6) is 1.37. The molecule has 0 aromatic carbocycles. The number of ether oxygens (including phenoxy) is 1. The molecule has 0 bridgehead atoms. The molecule has 1 saturated heterocycles. The van der Waals surface area contributed by atoms with Crippen LogP contribution in [0.5, 0.6) is 6.01 Å². The Balaban J connectivity index is 1.57. The molecule has 7 nitrogen and oxygen atoms in total. The molecule has 2 aromatic heterocycles. The molecule has 3 heterocycles. The van der Waals surface area contributed by atoms with E-state index in [1.165, 1.54) is 0 Å². The monoisotopic (exact) mass is 343 g/mol. The fraction of sp³-hybridized carbons (Fsp3) is 0.556. The molecular weight excluding hydrogens is 318 g/mol. The zero-order valence-electron chi connectivity index (χ0n) is 15.0. The topological polar surface area (TPSA) is 73.1 Å². The molecule has 3 rings (SSSR count). The average Bonchev–Trinajstić information content (AvgIpc) is 3.12. The molecule has 0 N–H and O–H groups in total. The molecule has 25 heavy (non-hydrogen) atoms. The second kappa shape index (κ2) is 7.63. The van der Waals surface area contributed by atoms with Gasteiger partial charge >= 0.3 is 6.01 Å². The van der Waals surface area contributed by atoms with Gasteiger partial charge in [0.05, 0.1) is 0 Å². The van der Waals surface area contributed by atoms with Gasteiger partial charge in [-0.05, 0) is 13.0 Å². The van der Waals surface area contributed by atoms with E-state index >= 15 is 0 Å². The van der Waals surface area contributed by atoms with Crippen LogP contribution < -0.4 is 4.74 Å². The van der Waals surface area contributed by atoms with E-state index in [2.05, 4.69) is 28.8 Å². The van der Waals surface area contributed by atoms with Crippen molar-refractivity contribution in [2.75, 3.05) is 13.1 Å². The van der Waals surface area contributed by atoms with E-state index in [4.69, 9.17) is 4.74 Å². The van der Waals surface area contributed by atoms with Crippen LogP contribution in [0, 0.1) is 0 Å². The van der Waals surface area contributed by atoms with Gasteiger partial charge in [0.1, 0.15) is 18.0 Å². The van der Waals surface area contributed by atoms with Crippen LogP contribution in [0.1, 0.15) is 51.4 Å². The number of aromatic nitrogens is 4. The van der Waals surface area contributed by atoms with E-state index in [9.17, 15) is 4.79 Å². The number of hydrogen-bond donors (Lipinski definition) is 0. The largest absolute Gasteiger partial charge is 0.460 e. The van der Waals surface area contributed by atoms with Crippen molar-refractivity contribution in [3.05, 3.63) is 36.7 Å². The van der Waals surface area contributed by atoms with Crippen LogP contribution in [0.3, 0.4) is 0 Å². The molecule has 2 aromatic rings. The molecular formula is C18H25N5O2. The van der Waals surface area contributed by atoms with Crippen molar-refractivity contribution in [3.8, 4) is 6.01 Å². The summed E-state index contributed by atoms with van der Waals surface area (Å²) in [5.41, 5.74) is 0. The van der Waals surface area contributed by atoms with Gasteiger partial charge in [-0.2, -0.15) is 0 Å². The van der Waals surface area contributed by atoms with Crippen molar-refractivity contribution < 1.29 is 9.53 Å². The Morgan fingerprint density at radius 1 is 1.12 bits per heavy atom. The Bertz CT molecular complexity index is 693. The lowest BCUT2D eigenvalue weighted by Gasteiger charge is -2.33. The Kier molecular flexibility index (Phi) is 5.31. The van der Waals surface area contributed by atoms with Crippen molar-refractivity contribution in [2.24, 2.45) is 0 Å². The summed E-state index contributed by atoms with van der Waals surface area (Å²) in [5, 5.41) is 0. The molecule has 1 aliphatic heterocycles. The minimum Gasteiger partial charge on any atom is -0.460 e. The fourth-order valence-corrected chi connectivity index (χ4v) is 3.17. The standard InChI is InChI=1S/C18H25N5O2/c1-13(2)16-19-9-12-23(16)14(3)17(24)22-10-5-15(6-11-22)25-18-20-7-4-8-21-18/h4,7-9,12-15H,5-6,10-11H2,1-3H3/t14-/m0/s1. The number of carbonyl (C=O) groups excluding carboxylic acids is 1. The summed E-state index contributed by atoms with van der Waals surface area (Å²) in [6, 6.07) is 1.92. The quantitative estimate of drug-likeness (QED) is 0.834. The second-order valence-corrected chi connectivity index (χ2v) is 6.70. The highest BCUT2D eigenvalue weighted by molar-refractivity contribution is 5.80. The van der Waals surface area contributed by atoms with Gasteiger partial charge in [-0.15, -0.1) is 0 Å². The lowest BCUT2D eigenvalue weighted by atomic mass is 10.1. The van der Waals surface area contributed by atoms with Crippen molar-refractivity contribution in [1.82, 2.24) is 24.4 Å². The maximum absolute atomic E-state index is 12.8. The number of piperidine rings is 1. The maximum Gasteiger partial charge on any atom is 0.316 e. The van der Waals surface area contributed by atoms with E-state index in [0.29, 0.717) is 19.1 Å². The van der Waals surface area contributed by atoms with Crippen molar-refractivity contribution >= 4 is 5.91 Å². The maximum atomic E-state index is 12.8. The van der Waals surface area contributed by atoms with E-state index in [0.717, 1.165) is 18.7 Å². The van der Waals surface area contributed by atoms with Crippen molar-refractivity contribution in [2.45, 2.75) is 51.7 Å². The van der Waals surface area contributed by atoms with Crippen LogP contribution in [-0.4, -0.2) is 49.5 Å². The van der Waals surface area contributed by atoms with Crippen molar-refractivity contribution in [1.29, 1.82) is 0 Å². The van der Waals surface area contributed by atoms with E-state index < -0.39 is 0 Å². The summed E-state index contributed by atoms with van der Waals surface area (Å²) in [4.78, 5) is 27.3. The molecule has 1 fully saturated rings. The minimum absolute atomic E-state index is 0.0567.